The van der Waals surface area contributed by atoms with E-state index in [0.717, 1.165) is 12.2 Å². The van der Waals surface area contributed by atoms with E-state index >= 15 is 0 Å². The molecule has 2 heteroatoms. The standard InChI is InChI=1S/C17H18O2/c1-17(2,14-8-4-3-5-9-14)16-13-7-6-10-15(16)19-18-12-11-13/h3-10H,11-12H2,1-2H3. The molecule has 0 saturated carbocycles. The third kappa shape index (κ3) is 2.13. The second kappa shape index (κ2) is 4.71. The maximum atomic E-state index is 5.45. The predicted octanol–water partition coefficient (Wildman–Crippen LogP) is 3.88. The molecule has 0 fully saturated rings. The molecule has 0 unspecified atom stereocenters. The average molecular weight is 254 g/mol. The van der Waals surface area contributed by atoms with E-state index in [1.807, 2.05) is 18.2 Å². The van der Waals surface area contributed by atoms with E-state index < -0.39 is 0 Å². The van der Waals surface area contributed by atoms with Gasteiger partial charge in [0, 0.05) is 17.4 Å². The highest BCUT2D eigenvalue weighted by atomic mass is 17.2. The van der Waals surface area contributed by atoms with E-state index in [2.05, 4.69) is 44.2 Å². The largest absolute Gasteiger partial charge is 0.337 e. The van der Waals surface area contributed by atoms with Crippen molar-refractivity contribution in [2.45, 2.75) is 25.7 Å². The van der Waals surface area contributed by atoms with Crippen molar-refractivity contribution in [2.75, 3.05) is 6.61 Å². The Bertz CT molecular complexity index is 549. The zero-order chi connectivity index (χ0) is 13.3. The highest BCUT2D eigenvalue weighted by molar-refractivity contribution is 5.50. The monoisotopic (exact) mass is 254 g/mol. The summed E-state index contributed by atoms with van der Waals surface area (Å²) in [7, 11) is 0. The van der Waals surface area contributed by atoms with Gasteiger partial charge in [0.15, 0.2) is 5.75 Å². The third-order valence-corrected chi connectivity index (χ3v) is 3.84. The first-order chi connectivity index (χ1) is 9.19. The van der Waals surface area contributed by atoms with Gasteiger partial charge < -0.3 is 4.89 Å². The fraction of sp³-hybridized carbons (Fsp3) is 0.294. The Labute approximate surface area is 113 Å². The van der Waals surface area contributed by atoms with Gasteiger partial charge in [-0.1, -0.05) is 56.3 Å². The van der Waals surface area contributed by atoms with Crippen molar-refractivity contribution >= 4 is 0 Å². The lowest BCUT2D eigenvalue weighted by Gasteiger charge is -2.28. The molecular weight excluding hydrogens is 236 g/mol. The summed E-state index contributed by atoms with van der Waals surface area (Å²) in [6, 6.07) is 16.7. The summed E-state index contributed by atoms with van der Waals surface area (Å²) in [5, 5.41) is 0. The van der Waals surface area contributed by atoms with Crippen LogP contribution in [0, 0.1) is 0 Å². The normalized spacial score (nSPS) is 14.6. The van der Waals surface area contributed by atoms with Gasteiger partial charge in [-0.25, -0.2) is 0 Å². The van der Waals surface area contributed by atoms with Crippen molar-refractivity contribution in [1.82, 2.24) is 0 Å². The second-order valence-electron chi connectivity index (χ2n) is 5.44. The molecule has 0 radical (unpaired) electrons. The Balaban J connectivity index is 2.17. The minimum atomic E-state index is -0.0963. The quantitative estimate of drug-likeness (QED) is 0.757. The number of hydrogen-bond donors (Lipinski definition) is 0. The molecule has 1 heterocycles. The van der Waals surface area contributed by atoms with Gasteiger partial charge >= 0.3 is 0 Å². The number of benzene rings is 2. The molecule has 0 amide bonds. The Kier molecular flexibility index (Phi) is 3.03. The van der Waals surface area contributed by atoms with Gasteiger partial charge in [0.2, 0.25) is 0 Å². The Morgan fingerprint density at radius 2 is 1.74 bits per heavy atom. The molecule has 0 spiro atoms. The van der Waals surface area contributed by atoms with Crippen molar-refractivity contribution in [3.63, 3.8) is 0 Å². The van der Waals surface area contributed by atoms with Crippen LogP contribution in [0.15, 0.2) is 48.5 Å². The van der Waals surface area contributed by atoms with Gasteiger partial charge in [-0.3, -0.25) is 0 Å². The lowest BCUT2D eigenvalue weighted by atomic mass is 9.75. The van der Waals surface area contributed by atoms with Crippen LogP contribution in [0.25, 0.3) is 0 Å². The maximum absolute atomic E-state index is 5.45. The van der Waals surface area contributed by atoms with E-state index in [0.29, 0.717) is 6.61 Å². The van der Waals surface area contributed by atoms with Gasteiger partial charge in [0.1, 0.15) is 0 Å². The minimum absolute atomic E-state index is 0.0963. The summed E-state index contributed by atoms with van der Waals surface area (Å²) in [6.07, 6.45) is 0.888. The molecule has 98 valence electrons. The molecule has 2 aromatic rings. The number of hydrogen-bond acceptors (Lipinski definition) is 2. The van der Waals surface area contributed by atoms with Crippen LogP contribution in [-0.4, -0.2) is 6.61 Å². The van der Waals surface area contributed by atoms with Crippen LogP contribution in [0.3, 0.4) is 0 Å². The van der Waals surface area contributed by atoms with Crippen molar-refractivity contribution < 1.29 is 9.78 Å². The average Bonchev–Trinajstić information content (AvgIpc) is 2.56. The number of rotatable bonds is 2. The lowest BCUT2D eigenvalue weighted by molar-refractivity contribution is -0.203. The predicted molar refractivity (Wildman–Crippen MR) is 75.3 cm³/mol. The van der Waals surface area contributed by atoms with Gasteiger partial charge in [0.05, 0.1) is 6.61 Å². The molecule has 2 aromatic carbocycles. The number of fused-ring (bicyclic) bond motifs is 2. The van der Waals surface area contributed by atoms with Crippen LogP contribution in [0.1, 0.15) is 30.5 Å². The smallest absolute Gasteiger partial charge is 0.169 e. The summed E-state index contributed by atoms with van der Waals surface area (Å²) in [4.78, 5) is 10.7. The first-order valence-corrected chi connectivity index (χ1v) is 6.67. The zero-order valence-electron chi connectivity index (χ0n) is 11.3. The van der Waals surface area contributed by atoms with Gasteiger partial charge in [0.25, 0.3) is 0 Å². The van der Waals surface area contributed by atoms with Crippen LogP contribution < -0.4 is 4.89 Å². The molecular formula is C17H18O2. The van der Waals surface area contributed by atoms with Crippen molar-refractivity contribution in [3.8, 4) is 5.75 Å². The lowest BCUT2D eigenvalue weighted by Crippen LogP contribution is -2.21. The summed E-state index contributed by atoms with van der Waals surface area (Å²) in [6.45, 7) is 5.07. The zero-order valence-corrected chi connectivity index (χ0v) is 11.3. The van der Waals surface area contributed by atoms with Crippen molar-refractivity contribution in [1.29, 1.82) is 0 Å². The van der Waals surface area contributed by atoms with Crippen LogP contribution in [0.4, 0.5) is 0 Å². The molecule has 0 N–H and O–H groups in total. The summed E-state index contributed by atoms with van der Waals surface area (Å²) >= 11 is 0. The molecule has 1 aliphatic rings. The molecule has 3 rings (SSSR count). The van der Waals surface area contributed by atoms with E-state index in [4.69, 9.17) is 9.78 Å². The molecule has 0 atom stereocenters. The minimum Gasteiger partial charge on any atom is -0.337 e. The van der Waals surface area contributed by atoms with E-state index in [1.54, 1.807) is 0 Å². The Morgan fingerprint density at radius 1 is 0.947 bits per heavy atom. The first-order valence-electron chi connectivity index (χ1n) is 6.67. The second-order valence-corrected chi connectivity index (χ2v) is 5.44. The molecule has 0 aromatic heterocycles. The summed E-state index contributed by atoms with van der Waals surface area (Å²) in [5.41, 5.74) is 3.73. The molecule has 0 aliphatic carbocycles. The highest BCUT2D eigenvalue weighted by Crippen LogP contribution is 2.40. The molecule has 0 saturated heterocycles. The summed E-state index contributed by atoms with van der Waals surface area (Å²) < 4.78 is 0. The fourth-order valence-corrected chi connectivity index (χ4v) is 2.82. The van der Waals surface area contributed by atoms with Crippen LogP contribution in [-0.2, 0) is 16.7 Å². The van der Waals surface area contributed by atoms with E-state index in [1.165, 1.54) is 16.7 Å². The summed E-state index contributed by atoms with van der Waals surface area (Å²) in [5.74, 6) is 0.837. The first kappa shape index (κ1) is 12.2. The van der Waals surface area contributed by atoms with Crippen LogP contribution >= 0.6 is 0 Å². The van der Waals surface area contributed by atoms with Crippen LogP contribution in [0.5, 0.6) is 5.75 Å². The topological polar surface area (TPSA) is 18.5 Å². The fourth-order valence-electron chi connectivity index (χ4n) is 2.82. The molecule has 19 heavy (non-hydrogen) atoms. The van der Waals surface area contributed by atoms with Gasteiger partial charge in [-0.2, -0.15) is 4.89 Å². The van der Waals surface area contributed by atoms with E-state index in [9.17, 15) is 0 Å². The Hall–Kier alpha value is -1.80. The SMILES string of the molecule is CC(C)(c1ccccc1)c1c2cccc1OOCC2. The van der Waals surface area contributed by atoms with E-state index in [-0.39, 0.29) is 5.41 Å². The molecule has 2 nitrogen and oxygen atoms in total. The van der Waals surface area contributed by atoms with Gasteiger partial charge in [-0.15, -0.1) is 0 Å². The van der Waals surface area contributed by atoms with Crippen molar-refractivity contribution in [3.05, 3.63) is 65.2 Å². The van der Waals surface area contributed by atoms with Crippen molar-refractivity contribution in [2.24, 2.45) is 0 Å². The maximum Gasteiger partial charge on any atom is 0.169 e. The van der Waals surface area contributed by atoms with Gasteiger partial charge in [-0.05, 0) is 17.2 Å². The third-order valence-electron chi connectivity index (χ3n) is 3.84. The molecule has 1 aliphatic heterocycles. The van der Waals surface area contributed by atoms with Crippen LogP contribution in [0.2, 0.25) is 0 Å². The molecule has 2 bridgehead atoms. The Morgan fingerprint density at radius 3 is 2.53 bits per heavy atom. The highest BCUT2D eigenvalue weighted by Gasteiger charge is 2.30.